The lowest BCUT2D eigenvalue weighted by Gasteiger charge is -2.10. The summed E-state index contributed by atoms with van der Waals surface area (Å²) in [4.78, 5) is 3.51. The van der Waals surface area contributed by atoms with E-state index in [4.69, 9.17) is 23.2 Å². The highest BCUT2D eigenvalue weighted by atomic mass is 35.5. The highest BCUT2D eigenvalue weighted by Gasteiger charge is 2.34. The lowest BCUT2D eigenvalue weighted by atomic mass is 10.1. The summed E-state index contributed by atoms with van der Waals surface area (Å²) in [6, 6.07) is 0.851. The maximum atomic E-state index is 12.3. The number of alkyl halides is 4. The lowest BCUT2D eigenvalue weighted by molar-refractivity contribution is -0.138. The van der Waals surface area contributed by atoms with Crippen LogP contribution in [0.15, 0.2) is 12.3 Å². The maximum absolute atomic E-state index is 12.3. The predicted molar refractivity (Wildman–Crippen MR) is 43.8 cm³/mol. The van der Waals surface area contributed by atoms with Gasteiger partial charge >= 0.3 is 6.18 Å². The molecule has 0 atom stereocenters. The van der Waals surface area contributed by atoms with Crippen molar-refractivity contribution in [3.63, 3.8) is 0 Å². The molecule has 0 spiro atoms. The Morgan fingerprint density at radius 1 is 1.38 bits per heavy atom. The number of hydrogen-bond donors (Lipinski definition) is 0. The van der Waals surface area contributed by atoms with Crippen LogP contribution in [0.1, 0.15) is 11.1 Å². The molecule has 0 aromatic carbocycles. The lowest BCUT2D eigenvalue weighted by Crippen LogP contribution is -2.09. The van der Waals surface area contributed by atoms with E-state index >= 15 is 0 Å². The molecule has 1 aromatic heterocycles. The molecular formula is C7H4Cl2F3N. The van der Waals surface area contributed by atoms with Crippen LogP contribution >= 0.6 is 23.2 Å². The van der Waals surface area contributed by atoms with E-state index < -0.39 is 11.7 Å². The molecule has 0 saturated carbocycles. The Balaban J connectivity index is 3.29. The van der Waals surface area contributed by atoms with E-state index in [1.54, 1.807) is 0 Å². The molecule has 0 aliphatic rings. The van der Waals surface area contributed by atoms with Crippen molar-refractivity contribution in [2.45, 2.75) is 12.1 Å². The summed E-state index contributed by atoms with van der Waals surface area (Å²) in [5, 5.41) is -0.204. The van der Waals surface area contributed by atoms with Gasteiger partial charge in [-0.1, -0.05) is 11.6 Å². The molecule has 0 fully saturated rings. The first kappa shape index (κ1) is 10.6. The first-order valence-electron chi connectivity index (χ1n) is 3.23. The fourth-order valence-corrected chi connectivity index (χ4v) is 1.42. The Kier molecular flexibility index (Phi) is 3.03. The third-order valence-electron chi connectivity index (χ3n) is 1.44. The highest BCUT2D eigenvalue weighted by Crippen LogP contribution is 2.34. The Bertz CT molecular complexity index is 311. The Labute approximate surface area is 82.5 Å². The standard InChI is InChI=1S/C7H4Cl2F3N/c8-3-4-5(7(10,11)12)1-2-13-6(4)9/h1-2H,3H2. The molecule has 0 saturated heterocycles. The van der Waals surface area contributed by atoms with Crippen molar-refractivity contribution in [1.82, 2.24) is 4.98 Å². The Morgan fingerprint density at radius 3 is 2.38 bits per heavy atom. The largest absolute Gasteiger partial charge is 0.416 e. The maximum Gasteiger partial charge on any atom is 0.416 e. The minimum atomic E-state index is -4.43. The van der Waals surface area contributed by atoms with Gasteiger partial charge in [0.05, 0.1) is 11.4 Å². The fraction of sp³-hybridized carbons (Fsp3) is 0.286. The number of nitrogens with zero attached hydrogens (tertiary/aromatic N) is 1. The van der Waals surface area contributed by atoms with Crippen molar-refractivity contribution < 1.29 is 13.2 Å². The van der Waals surface area contributed by atoms with Crippen molar-refractivity contribution in [1.29, 1.82) is 0 Å². The van der Waals surface area contributed by atoms with E-state index in [9.17, 15) is 13.2 Å². The SMILES string of the molecule is FC(F)(F)c1ccnc(Cl)c1CCl. The molecule has 13 heavy (non-hydrogen) atoms. The first-order valence-corrected chi connectivity index (χ1v) is 4.14. The molecule has 1 nitrogen and oxygen atoms in total. The van der Waals surface area contributed by atoms with Gasteiger partial charge in [0.25, 0.3) is 0 Å². The van der Waals surface area contributed by atoms with E-state index in [2.05, 4.69) is 4.98 Å². The van der Waals surface area contributed by atoms with Gasteiger partial charge < -0.3 is 0 Å². The topological polar surface area (TPSA) is 12.9 Å². The predicted octanol–water partition coefficient (Wildman–Crippen LogP) is 3.49. The zero-order valence-electron chi connectivity index (χ0n) is 6.20. The summed E-state index contributed by atoms with van der Waals surface area (Å²) < 4.78 is 36.8. The summed E-state index contributed by atoms with van der Waals surface area (Å²) in [6.07, 6.45) is -3.43. The average molecular weight is 230 g/mol. The van der Waals surface area contributed by atoms with Crippen LogP contribution in [0.3, 0.4) is 0 Å². The van der Waals surface area contributed by atoms with Crippen LogP contribution in [0.5, 0.6) is 0 Å². The van der Waals surface area contributed by atoms with Gasteiger partial charge in [-0.25, -0.2) is 4.98 Å². The number of rotatable bonds is 1. The van der Waals surface area contributed by atoms with Crippen LogP contribution in [-0.4, -0.2) is 4.98 Å². The Hall–Kier alpha value is -0.480. The fourth-order valence-electron chi connectivity index (χ4n) is 0.860. The molecule has 0 bridgehead atoms. The third-order valence-corrected chi connectivity index (χ3v) is 2.04. The zero-order valence-corrected chi connectivity index (χ0v) is 7.71. The zero-order chi connectivity index (χ0) is 10.1. The summed E-state index contributed by atoms with van der Waals surface area (Å²) in [6.45, 7) is 0. The van der Waals surface area contributed by atoms with Crippen LogP contribution in [0.2, 0.25) is 5.15 Å². The van der Waals surface area contributed by atoms with E-state index in [-0.39, 0.29) is 16.6 Å². The average Bonchev–Trinajstić information content (AvgIpc) is 2.02. The van der Waals surface area contributed by atoms with Gasteiger partial charge in [0.1, 0.15) is 5.15 Å². The van der Waals surface area contributed by atoms with Crippen molar-refractivity contribution in [3.05, 3.63) is 28.5 Å². The van der Waals surface area contributed by atoms with Gasteiger partial charge in [-0.05, 0) is 6.07 Å². The van der Waals surface area contributed by atoms with Crippen molar-refractivity contribution in [2.75, 3.05) is 0 Å². The van der Waals surface area contributed by atoms with Crippen LogP contribution in [-0.2, 0) is 12.1 Å². The van der Waals surface area contributed by atoms with E-state index in [1.807, 2.05) is 0 Å². The molecule has 1 aromatic rings. The van der Waals surface area contributed by atoms with Gasteiger partial charge in [0, 0.05) is 11.8 Å². The number of halogens is 5. The highest BCUT2D eigenvalue weighted by molar-refractivity contribution is 6.31. The molecular weight excluding hydrogens is 226 g/mol. The summed E-state index contributed by atoms with van der Waals surface area (Å²) >= 11 is 10.8. The van der Waals surface area contributed by atoms with Gasteiger partial charge in [-0.2, -0.15) is 13.2 Å². The van der Waals surface area contributed by atoms with Crippen LogP contribution in [0, 0.1) is 0 Å². The molecule has 0 aliphatic heterocycles. The molecule has 0 amide bonds. The minimum absolute atomic E-state index is 0.182. The van der Waals surface area contributed by atoms with Crippen molar-refractivity contribution >= 4 is 23.2 Å². The third kappa shape index (κ3) is 2.25. The normalized spacial score (nSPS) is 11.8. The van der Waals surface area contributed by atoms with E-state index in [1.165, 1.54) is 0 Å². The summed E-state index contributed by atoms with van der Waals surface area (Å²) in [7, 11) is 0. The minimum Gasteiger partial charge on any atom is -0.244 e. The Morgan fingerprint density at radius 2 is 2.00 bits per heavy atom. The number of pyridine rings is 1. The molecule has 0 N–H and O–H groups in total. The van der Waals surface area contributed by atoms with Crippen molar-refractivity contribution in [2.24, 2.45) is 0 Å². The van der Waals surface area contributed by atoms with Crippen LogP contribution in [0.4, 0.5) is 13.2 Å². The monoisotopic (exact) mass is 229 g/mol. The first-order chi connectivity index (χ1) is 5.96. The second kappa shape index (κ2) is 3.72. The number of aromatic nitrogens is 1. The van der Waals surface area contributed by atoms with Crippen molar-refractivity contribution in [3.8, 4) is 0 Å². The van der Waals surface area contributed by atoms with Crippen LogP contribution < -0.4 is 0 Å². The van der Waals surface area contributed by atoms with E-state index in [0.717, 1.165) is 12.3 Å². The van der Waals surface area contributed by atoms with Gasteiger partial charge in [-0.3, -0.25) is 0 Å². The second-order valence-electron chi connectivity index (χ2n) is 2.26. The molecule has 0 aliphatic carbocycles. The molecule has 1 heterocycles. The number of hydrogen-bond acceptors (Lipinski definition) is 1. The molecule has 0 unspecified atom stereocenters. The van der Waals surface area contributed by atoms with Gasteiger partial charge in [-0.15, -0.1) is 11.6 Å². The van der Waals surface area contributed by atoms with Gasteiger partial charge in [0.15, 0.2) is 0 Å². The second-order valence-corrected chi connectivity index (χ2v) is 2.88. The van der Waals surface area contributed by atoms with E-state index in [0.29, 0.717) is 0 Å². The quantitative estimate of drug-likeness (QED) is 0.531. The summed E-state index contributed by atoms with van der Waals surface area (Å²) in [5.41, 5.74) is -1.01. The molecule has 0 radical (unpaired) electrons. The molecule has 1 rings (SSSR count). The van der Waals surface area contributed by atoms with Gasteiger partial charge in [0.2, 0.25) is 0 Å². The van der Waals surface area contributed by atoms with Crippen LogP contribution in [0.25, 0.3) is 0 Å². The smallest absolute Gasteiger partial charge is 0.244 e. The molecule has 6 heteroatoms. The molecule has 72 valence electrons. The summed E-state index contributed by atoms with van der Waals surface area (Å²) in [5.74, 6) is -0.304.